The number of rotatable bonds is 4. The summed E-state index contributed by atoms with van der Waals surface area (Å²) in [5.41, 5.74) is 1.98. The first-order valence-corrected chi connectivity index (χ1v) is 6.79. The summed E-state index contributed by atoms with van der Waals surface area (Å²) in [5.74, 6) is 0. The van der Waals surface area contributed by atoms with Crippen LogP contribution < -0.4 is 5.32 Å². The summed E-state index contributed by atoms with van der Waals surface area (Å²) in [6, 6.07) is 2.20. The van der Waals surface area contributed by atoms with Crippen molar-refractivity contribution in [3.05, 3.63) is 20.8 Å². The fourth-order valence-electron chi connectivity index (χ4n) is 1.90. The maximum absolute atomic E-state index is 3.54. The zero-order valence-corrected chi connectivity index (χ0v) is 12.1. The molecule has 1 heterocycles. The molecule has 86 valence electrons. The lowest BCUT2D eigenvalue weighted by molar-refractivity contribution is 0.156. The molecule has 1 aliphatic carbocycles. The third-order valence-electron chi connectivity index (χ3n) is 3.06. The van der Waals surface area contributed by atoms with Gasteiger partial charge in [-0.2, -0.15) is 0 Å². The van der Waals surface area contributed by atoms with Crippen molar-refractivity contribution in [2.75, 3.05) is 6.54 Å². The Kier molecular flexibility index (Phi) is 5.10. The number of hydrogen-bond acceptors (Lipinski definition) is 2. The van der Waals surface area contributed by atoms with E-state index in [9.17, 15) is 0 Å². The van der Waals surface area contributed by atoms with Crippen LogP contribution in [0, 0.1) is 5.41 Å². The summed E-state index contributed by atoms with van der Waals surface area (Å²) in [6.07, 6.45) is 4.21. The molecule has 0 aliphatic heterocycles. The van der Waals surface area contributed by atoms with Crippen LogP contribution in [0.15, 0.2) is 15.2 Å². The topological polar surface area (TPSA) is 12.0 Å². The van der Waals surface area contributed by atoms with Crippen LogP contribution in [0.2, 0.25) is 0 Å². The smallest absolute Gasteiger partial charge is 0.0701 e. The molecule has 0 bridgehead atoms. The Balaban J connectivity index is 0.00000112. The van der Waals surface area contributed by atoms with E-state index in [-0.39, 0.29) is 12.4 Å². The number of hydrogen-bond donors (Lipinski definition) is 1. The highest BCUT2D eigenvalue weighted by Crippen LogP contribution is 2.39. The lowest BCUT2D eigenvalue weighted by Gasteiger charge is -2.38. The van der Waals surface area contributed by atoms with Crippen LogP contribution in [0.25, 0.3) is 0 Å². The van der Waals surface area contributed by atoms with Gasteiger partial charge in [-0.05, 0) is 51.2 Å². The average molecular weight is 311 g/mol. The van der Waals surface area contributed by atoms with E-state index < -0.39 is 0 Å². The van der Waals surface area contributed by atoms with Crippen molar-refractivity contribution in [1.29, 1.82) is 0 Å². The molecule has 1 aromatic rings. The molecule has 1 nitrogen and oxygen atoms in total. The summed E-state index contributed by atoms with van der Waals surface area (Å²) in [6.45, 7) is 4.56. The summed E-state index contributed by atoms with van der Waals surface area (Å²) in [4.78, 5) is 0. The molecular formula is C11H17BrClNS. The number of nitrogens with one attached hydrogen (secondary N) is 1. The third-order valence-corrected chi connectivity index (χ3v) is 4.62. The number of thiophene rings is 1. The Hall–Kier alpha value is 0.430. The van der Waals surface area contributed by atoms with Gasteiger partial charge < -0.3 is 5.32 Å². The van der Waals surface area contributed by atoms with Gasteiger partial charge >= 0.3 is 0 Å². The maximum atomic E-state index is 3.54. The molecule has 1 N–H and O–H groups in total. The predicted octanol–water partition coefficient (Wildman–Crippen LogP) is 4.21. The molecule has 1 aromatic heterocycles. The SMILES string of the molecule is CC1(CNCc2csc(Br)c2)CCC1.Cl. The summed E-state index contributed by atoms with van der Waals surface area (Å²) < 4.78 is 1.23. The second-order valence-corrected chi connectivity index (χ2v) is 6.82. The molecule has 0 atom stereocenters. The molecule has 0 saturated heterocycles. The van der Waals surface area contributed by atoms with E-state index in [1.165, 1.54) is 35.2 Å². The van der Waals surface area contributed by atoms with Crippen LogP contribution in [-0.2, 0) is 6.54 Å². The second kappa shape index (κ2) is 5.67. The Bertz CT molecular complexity index is 309. The van der Waals surface area contributed by atoms with Gasteiger partial charge in [0.05, 0.1) is 3.79 Å². The molecule has 0 amide bonds. The van der Waals surface area contributed by atoms with Gasteiger partial charge in [-0.3, -0.25) is 0 Å². The van der Waals surface area contributed by atoms with Crippen molar-refractivity contribution in [1.82, 2.24) is 5.32 Å². The third kappa shape index (κ3) is 3.74. The molecule has 1 aliphatic rings. The molecule has 0 unspecified atom stereocenters. The minimum atomic E-state index is 0. The quantitative estimate of drug-likeness (QED) is 0.878. The fourth-order valence-corrected chi connectivity index (χ4v) is 3.11. The molecule has 0 spiro atoms. The van der Waals surface area contributed by atoms with Crippen molar-refractivity contribution >= 4 is 39.7 Å². The van der Waals surface area contributed by atoms with Gasteiger partial charge in [0.1, 0.15) is 0 Å². The molecule has 0 radical (unpaired) electrons. The predicted molar refractivity (Wildman–Crippen MR) is 72.9 cm³/mol. The second-order valence-electron chi connectivity index (χ2n) is 4.53. The van der Waals surface area contributed by atoms with E-state index in [0.717, 1.165) is 6.54 Å². The van der Waals surface area contributed by atoms with E-state index in [1.54, 1.807) is 11.3 Å². The van der Waals surface area contributed by atoms with Crippen molar-refractivity contribution in [3.8, 4) is 0 Å². The van der Waals surface area contributed by atoms with E-state index in [4.69, 9.17) is 0 Å². The minimum absolute atomic E-state index is 0. The lowest BCUT2D eigenvalue weighted by atomic mass is 9.70. The monoisotopic (exact) mass is 309 g/mol. The normalized spacial score (nSPS) is 18.0. The van der Waals surface area contributed by atoms with Crippen LogP contribution >= 0.6 is 39.7 Å². The Labute approximate surface area is 110 Å². The lowest BCUT2D eigenvalue weighted by Crippen LogP contribution is -2.36. The fraction of sp³-hybridized carbons (Fsp3) is 0.636. The van der Waals surface area contributed by atoms with Gasteiger partial charge in [-0.1, -0.05) is 13.3 Å². The molecule has 2 rings (SSSR count). The van der Waals surface area contributed by atoms with Gasteiger partial charge in [-0.15, -0.1) is 23.7 Å². The van der Waals surface area contributed by atoms with E-state index in [0.29, 0.717) is 5.41 Å². The standard InChI is InChI=1S/C11H16BrNS.ClH/c1-11(3-2-4-11)8-13-6-9-5-10(12)14-7-9;/h5,7,13H,2-4,6,8H2,1H3;1H. The molecule has 1 fully saturated rings. The molecule has 0 aromatic carbocycles. The van der Waals surface area contributed by atoms with Crippen LogP contribution in [0.1, 0.15) is 31.7 Å². The van der Waals surface area contributed by atoms with Gasteiger partial charge in [0.25, 0.3) is 0 Å². The van der Waals surface area contributed by atoms with Crippen molar-refractivity contribution in [3.63, 3.8) is 0 Å². The van der Waals surface area contributed by atoms with Crippen molar-refractivity contribution < 1.29 is 0 Å². The molecule has 15 heavy (non-hydrogen) atoms. The maximum Gasteiger partial charge on any atom is 0.0701 e. The Morgan fingerprint density at radius 2 is 2.27 bits per heavy atom. The first-order valence-electron chi connectivity index (χ1n) is 5.12. The largest absolute Gasteiger partial charge is 0.312 e. The highest BCUT2D eigenvalue weighted by molar-refractivity contribution is 9.11. The Morgan fingerprint density at radius 1 is 1.53 bits per heavy atom. The van der Waals surface area contributed by atoms with Crippen LogP contribution in [0.5, 0.6) is 0 Å². The first-order chi connectivity index (χ1) is 6.68. The van der Waals surface area contributed by atoms with E-state index in [1.807, 2.05) is 0 Å². The van der Waals surface area contributed by atoms with E-state index in [2.05, 4.69) is 39.6 Å². The average Bonchev–Trinajstić information content (AvgIpc) is 2.49. The minimum Gasteiger partial charge on any atom is -0.312 e. The molecular weight excluding hydrogens is 294 g/mol. The van der Waals surface area contributed by atoms with Gasteiger partial charge in [0.15, 0.2) is 0 Å². The van der Waals surface area contributed by atoms with Crippen LogP contribution in [-0.4, -0.2) is 6.54 Å². The molecule has 1 saturated carbocycles. The highest BCUT2D eigenvalue weighted by Gasteiger charge is 2.30. The highest BCUT2D eigenvalue weighted by atomic mass is 79.9. The summed E-state index contributed by atoms with van der Waals surface area (Å²) in [7, 11) is 0. The van der Waals surface area contributed by atoms with Gasteiger partial charge in [-0.25, -0.2) is 0 Å². The summed E-state index contributed by atoms with van der Waals surface area (Å²) in [5, 5.41) is 5.75. The zero-order chi connectivity index (χ0) is 10.0. The van der Waals surface area contributed by atoms with Crippen molar-refractivity contribution in [2.45, 2.75) is 32.7 Å². The van der Waals surface area contributed by atoms with Crippen molar-refractivity contribution in [2.24, 2.45) is 5.41 Å². The van der Waals surface area contributed by atoms with Crippen LogP contribution in [0.3, 0.4) is 0 Å². The summed E-state index contributed by atoms with van der Waals surface area (Å²) >= 11 is 5.24. The first kappa shape index (κ1) is 13.5. The van der Waals surface area contributed by atoms with Gasteiger partial charge in [0.2, 0.25) is 0 Å². The van der Waals surface area contributed by atoms with Gasteiger partial charge in [0, 0.05) is 13.1 Å². The van der Waals surface area contributed by atoms with E-state index >= 15 is 0 Å². The molecule has 4 heteroatoms. The zero-order valence-electron chi connectivity index (χ0n) is 8.88. The number of halogens is 2. The van der Waals surface area contributed by atoms with Crippen LogP contribution in [0.4, 0.5) is 0 Å². The Morgan fingerprint density at radius 3 is 2.73 bits per heavy atom.